The van der Waals surface area contributed by atoms with Crippen LogP contribution in [0.4, 0.5) is 0 Å². The van der Waals surface area contributed by atoms with Crippen LogP contribution in [0.15, 0.2) is 0 Å². The van der Waals surface area contributed by atoms with Crippen LogP contribution in [0.2, 0.25) is 0 Å². The van der Waals surface area contributed by atoms with E-state index in [0.717, 1.165) is 12.8 Å². The Kier molecular flexibility index (Phi) is 5.86. The average molecular weight is 245 g/mol. The largest absolute Gasteiger partial charge is 0.395 e. The third-order valence-corrected chi connectivity index (χ3v) is 3.45. The van der Waals surface area contributed by atoms with Crippen molar-refractivity contribution in [3.63, 3.8) is 0 Å². The molecule has 0 aromatic carbocycles. The van der Waals surface area contributed by atoms with E-state index in [9.17, 15) is 10.2 Å². The van der Waals surface area contributed by atoms with E-state index in [1.807, 2.05) is 20.8 Å². The first-order valence-electron chi connectivity index (χ1n) is 6.64. The molecule has 0 aromatic rings. The van der Waals surface area contributed by atoms with Crippen LogP contribution in [-0.2, 0) is 4.74 Å². The molecule has 0 saturated heterocycles. The van der Waals surface area contributed by atoms with E-state index in [-0.39, 0.29) is 24.2 Å². The molecular formula is C13H27NO3. The summed E-state index contributed by atoms with van der Waals surface area (Å²) in [6.07, 6.45) is 4.86. The molecule has 1 saturated carbocycles. The normalized spacial score (nSPS) is 22.4. The highest BCUT2D eigenvalue weighted by molar-refractivity contribution is 4.79. The Bertz CT molecular complexity index is 209. The zero-order chi connectivity index (χ0) is 12.9. The lowest BCUT2D eigenvalue weighted by atomic mass is 9.87. The maximum absolute atomic E-state index is 9.82. The fraction of sp³-hybridized carbons (Fsp3) is 1.00. The van der Waals surface area contributed by atoms with E-state index in [1.54, 1.807) is 0 Å². The van der Waals surface area contributed by atoms with Gasteiger partial charge in [-0.05, 0) is 18.3 Å². The Morgan fingerprint density at radius 2 is 1.82 bits per heavy atom. The maximum atomic E-state index is 9.82. The molecule has 1 aliphatic rings. The van der Waals surface area contributed by atoms with Gasteiger partial charge in [0.1, 0.15) is 0 Å². The molecule has 3 N–H and O–H groups in total. The molecule has 1 fully saturated rings. The van der Waals surface area contributed by atoms with Gasteiger partial charge < -0.3 is 14.9 Å². The Morgan fingerprint density at radius 3 is 2.29 bits per heavy atom. The quantitative estimate of drug-likeness (QED) is 0.644. The van der Waals surface area contributed by atoms with Crippen LogP contribution in [0.1, 0.15) is 52.9 Å². The molecule has 4 heteroatoms. The summed E-state index contributed by atoms with van der Waals surface area (Å²) < 4.78 is 5.55. The molecule has 0 bridgehead atoms. The van der Waals surface area contributed by atoms with E-state index in [1.165, 1.54) is 19.3 Å². The number of hydrogen-bond donors (Lipinski definition) is 3. The van der Waals surface area contributed by atoms with Gasteiger partial charge >= 0.3 is 0 Å². The van der Waals surface area contributed by atoms with Crippen LogP contribution >= 0.6 is 0 Å². The maximum Gasteiger partial charge on any atom is 0.214 e. The molecule has 0 spiro atoms. The molecule has 2 unspecified atom stereocenters. The minimum absolute atomic E-state index is 0.00537. The smallest absolute Gasteiger partial charge is 0.214 e. The summed E-state index contributed by atoms with van der Waals surface area (Å²) in [4.78, 5) is 0. The van der Waals surface area contributed by atoms with Crippen molar-refractivity contribution in [2.45, 2.75) is 71.4 Å². The van der Waals surface area contributed by atoms with Gasteiger partial charge in [0.15, 0.2) is 0 Å². The minimum atomic E-state index is -0.977. The van der Waals surface area contributed by atoms with Crippen LogP contribution in [0, 0.1) is 5.41 Å². The molecule has 0 aliphatic heterocycles. The van der Waals surface area contributed by atoms with E-state index < -0.39 is 6.41 Å². The summed E-state index contributed by atoms with van der Waals surface area (Å²) in [7, 11) is 0. The van der Waals surface area contributed by atoms with E-state index in [4.69, 9.17) is 4.74 Å². The van der Waals surface area contributed by atoms with Crippen LogP contribution in [-0.4, -0.2) is 35.4 Å². The van der Waals surface area contributed by atoms with Crippen molar-refractivity contribution < 1.29 is 14.9 Å². The third kappa shape index (κ3) is 5.34. The fourth-order valence-electron chi connectivity index (χ4n) is 2.17. The second kappa shape index (κ2) is 6.69. The number of aliphatic hydroxyl groups is 2. The highest BCUT2D eigenvalue weighted by atomic mass is 16.6. The van der Waals surface area contributed by atoms with E-state index in [0.29, 0.717) is 0 Å². The Hall–Kier alpha value is -0.160. The topological polar surface area (TPSA) is 61.7 Å². The summed E-state index contributed by atoms with van der Waals surface area (Å²) in [6.45, 7) is 6.06. The predicted octanol–water partition coefficient (Wildman–Crippen LogP) is 1.61. The molecule has 1 aliphatic carbocycles. The number of rotatable bonds is 5. The van der Waals surface area contributed by atoms with Gasteiger partial charge in [-0.25, -0.2) is 0 Å². The molecule has 0 radical (unpaired) electrons. The van der Waals surface area contributed by atoms with Crippen LogP contribution < -0.4 is 5.32 Å². The number of ether oxygens (including phenoxy) is 1. The van der Waals surface area contributed by atoms with Crippen molar-refractivity contribution in [2.24, 2.45) is 5.41 Å². The lowest BCUT2D eigenvalue weighted by Crippen LogP contribution is -2.50. The van der Waals surface area contributed by atoms with Crippen molar-refractivity contribution in [3.8, 4) is 0 Å². The van der Waals surface area contributed by atoms with Crippen molar-refractivity contribution in [1.29, 1.82) is 0 Å². The number of aliphatic hydroxyl groups excluding tert-OH is 2. The fourth-order valence-corrected chi connectivity index (χ4v) is 2.17. The summed E-state index contributed by atoms with van der Waals surface area (Å²) in [5.74, 6) is 0. The second-order valence-electron chi connectivity index (χ2n) is 6.02. The van der Waals surface area contributed by atoms with E-state index >= 15 is 0 Å². The average Bonchev–Trinajstić information content (AvgIpc) is 2.25. The molecule has 102 valence electrons. The highest BCUT2D eigenvalue weighted by Crippen LogP contribution is 2.22. The van der Waals surface area contributed by atoms with Crippen molar-refractivity contribution in [2.75, 3.05) is 6.61 Å². The van der Waals surface area contributed by atoms with Gasteiger partial charge in [-0.1, -0.05) is 40.0 Å². The summed E-state index contributed by atoms with van der Waals surface area (Å²) in [6, 6.07) is -0.166. The first kappa shape index (κ1) is 14.9. The van der Waals surface area contributed by atoms with Crippen molar-refractivity contribution in [3.05, 3.63) is 0 Å². The Labute approximate surface area is 104 Å². The molecule has 1 rings (SSSR count). The summed E-state index contributed by atoms with van der Waals surface area (Å²) in [5, 5.41) is 22.0. The van der Waals surface area contributed by atoms with Crippen LogP contribution in [0.25, 0.3) is 0 Å². The minimum Gasteiger partial charge on any atom is -0.395 e. The van der Waals surface area contributed by atoms with E-state index in [2.05, 4.69) is 5.32 Å². The Balaban J connectivity index is 2.34. The first-order chi connectivity index (χ1) is 7.93. The zero-order valence-corrected chi connectivity index (χ0v) is 11.3. The molecule has 0 aromatic heterocycles. The molecular weight excluding hydrogens is 218 g/mol. The van der Waals surface area contributed by atoms with Gasteiger partial charge in [-0.3, -0.25) is 5.32 Å². The van der Waals surface area contributed by atoms with Gasteiger partial charge in [0.2, 0.25) is 6.41 Å². The molecule has 4 nitrogen and oxygen atoms in total. The number of nitrogens with one attached hydrogen (secondary N) is 1. The summed E-state index contributed by atoms with van der Waals surface area (Å²) >= 11 is 0. The lowest BCUT2D eigenvalue weighted by Gasteiger charge is -2.33. The predicted molar refractivity (Wildman–Crippen MR) is 67.4 cm³/mol. The number of hydrogen-bond acceptors (Lipinski definition) is 4. The van der Waals surface area contributed by atoms with Gasteiger partial charge in [-0.15, -0.1) is 0 Å². The van der Waals surface area contributed by atoms with Crippen molar-refractivity contribution in [1.82, 2.24) is 5.32 Å². The molecule has 0 heterocycles. The standard InChI is InChI=1S/C13H27NO3/c1-13(2,3)11(9-15)14-12(16)17-10-7-5-4-6-8-10/h10-12,14-16H,4-9H2,1-3H3. The summed E-state index contributed by atoms with van der Waals surface area (Å²) in [5.41, 5.74) is -0.106. The molecule has 2 atom stereocenters. The highest BCUT2D eigenvalue weighted by Gasteiger charge is 2.27. The Morgan fingerprint density at radius 1 is 1.24 bits per heavy atom. The van der Waals surface area contributed by atoms with Crippen LogP contribution in [0.5, 0.6) is 0 Å². The first-order valence-corrected chi connectivity index (χ1v) is 6.64. The lowest BCUT2D eigenvalue weighted by molar-refractivity contribution is -0.171. The van der Waals surface area contributed by atoms with Gasteiger partial charge in [0.05, 0.1) is 12.7 Å². The molecule has 17 heavy (non-hydrogen) atoms. The second-order valence-corrected chi connectivity index (χ2v) is 6.02. The van der Waals surface area contributed by atoms with Gasteiger partial charge in [-0.2, -0.15) is 0 Å². The van der Waals surface area contributed by atoms with Gasteiger partial charge in [0.25, 0.3) is 0 Å². The van der Waals surface area contributed by atoms with Crippen LogP contribution in [0.3, 0.4) is 0 Å². The SMILES string of the molecule is CC(C)(C)C(CO)NC(O)OC1CCCCC1. The zero-order valence-electron chi connectivity index (χ0n) is 11.3. The van der Waals surface area contributed by atoms with Gasteiger partial charge in [0, 0.05) is 6.04 Å². The molecule has 0 amide bonds. The monoisotopic (exact) mass is 245 g/mol. The third-order valence-electron chi connectivity index (χ3n) is 3.45. The van der Waals surface area contributed by atoms with Crippen molar-refractivity contribution >= 4 is 0 Å².